The largest absolute Gasteiger partial charge is 0.374 e. The number of rotatable bonds is 2. The number of carbonyl (C=O) groups is 1. The predicted molar refractivity (Wildman–Crippen MR) is 40.4 cm³/mol. The monoisotopic (exact) mass is 153 g/mol. The molecule has 0 aromatic carbocycles. The Kier molecular flexibility index (Phi) is 2.50. The van der Waals surface area contributed by atoms with Crippen LogP contribution in [0.1, 0.15) is 19.3 Å². The van der Waals surface area contributed by atoms with E-state index in [1.807, 2.05) is 0 Å². The first-order valence-corrected chi connectivity index (χ1v) is 3.66. The summed E-state index contributed by atoms with van der Waals surface area (Å²) in [5, 5.41) is 9.22. The number of aliphatic hydroxyl groups excluding tert-OH is 1. The molecule has 60 valence electrons. The minimum absolute atomic E-state index is 0.00718. The van der Waals surface area contributed by atoms with Crippen LogP contribution < -0.4 is 0 Å². The van der Waals surface area contributed by atoms with Gasteiger partial charge in [-0.25, -0.2) is 0 Å². The number of terminal acetylenes is 1. The van der Waals surface area contributed by atoms with Crippen molar-refractivity contribution < 1.29 is 9.90 Å². The second-order valence-corrected chi connectivity index (χ2v) is 2.56. The molecule has 0 aliphatic carbocycles. The maximum absolute atomic E-state index is 11.0. The third-order valence-electron chi connectivity index (χ3n) is 1.79. The van der Waals surface area contributed by atoms with Crippen LogP contribution >= 0.6 is 0 Å². The molecule has 1 rings (SSSR count). The Morgan fingerprint density at radius 3 is 3.00 bits per heavy atom. The van der Waals surface area contributed by atoms with Crippen molar-refractivity contribution in [2.75, 3.05) is 6.54 Å². The smallest absolute Gasteiger partial charge is 0.224 e. The van der Waals surface area contributed by atoms with Crippen LogP contribution in [0.3, 0.4) is 0 Å². The number of nitrogens with zero attached hydrogens (tertiary/aromatic N) is 1. The maximum Gasteiger partial charge on any atom is 0.224 e. The van der Waals surface area contributed by atoms with Crippen molar-refractivity contribution >= 4 is 5.91 Å². The molecular formula is C8H11NO2. The van der Waals surface area contributed by atoms with Crippen LogP contribution in [0.5, 0.6) is 0 Å². The summed E-state index contributed by atoms with van der Waals surface area (Å²) in [6, 6.07) is 0. The van der Waals surface area contributed by atoms with Gasteiger partial charge in [-0.2, -0.15) is 0 Å². The highest BCUT2D eigenvalue weighted by molar-refractivity contribution is 5.78. The molecule has 1 aliphatic rings. The first kappa shape index (κ1) is 8.09. The van der Waals surface area contributed by atoms with E-state index in [9.17, 15) is 9.90 Å². The van der Waals surface area contributed by atoms with E-state index < -0.39 is 6.23 Å². The summed E-state index contributed by atoms with van der Waals surface area (Å²) in [4.78, 5) is 12.4. The molecule has 0 saturated carbocycles. The standard InChI is InChI=1S/C8H11NO2/c1-2-3-6-9-7(10)4-5-8(9)11/h1,7,10H,3-6H2. The number of amides is 1. The zero-order valence-corrected chi connectivity index (χ0v) is 6.29. The van der Waals surface area contributed by atoms with Crippen LogP contribution in [0.2, 0.25) is 0 Å². The Morgan fingerprint density at radius 2 is 2.55 bits per heavy atom. The fourth-order valence-corrected chi connectivity index (χ4v) is 1.18. The molecule has 0 aromatic rings. The van der Waals surface area contributed by atoms with Crippen molar-refractivity contribution in [1.82, 2.24) is 4.90 Å². The first-order valence-electron chi connectivity index (χ1n) is 3.66. The van der Waals surface area contributed by atoms with Crippen LogP contribution in [-0.2, 0) is 4.79 Å². The Balaban J connectivity index is 2.43. The Morgan fingerprint density at radius 1 is 1.82 bits per heavy atom. The second kappa shape index (κ2) is 3.40. The molecule has 3 heteroatoms. The summed E-state index contributed by atoms with van der Waals surface area (Å²) in [7, 11) is 0. The second-order valence-electron chi connectivity index (χ2n) is 2.56. The highest BCUT2D eigenvalue weighted by atomic mass is 16.3. The lowest BCUT2D eigenvalue weighted by molar-refractivity contribution is -0.133. The summed E-state index contributed by atoms with van der Waals surface area (Å²) in [5.41, 5.74) is 0. The van der Waals surface area contributed by atoms with Gasteiger partial charge in [0, 0.05) is 25.8 Å². The lowest BCUT2D eigenvalue weighted by Crippen LogP contribution is -2.33. The molecule has 0 bridgehead atoms. The van der Waals surface area contributed by atoms with Gasteiger partial charge in [-0.15, -0.1) is 12.3 Å². The minimum atomic E-state index is -0.601. The van der Waals surface area contributed by atoms with E-state index in [0.717, 1.165) is 0 Å². The molecule has 1 heterocycles. The summed E-state index contributed by atoms with van der Waals surface area (Å²) in [5.74, 6) is 2.44. The molecule has 1 unspecified atom stereocenters. The highest BCUT2D eigenvalue weighted by Crippen LogP contribution is 2.15. The first-order chi connectivity index (χ1) is 5.25. The fraction of sp³-hybridized carbons (Fsp3) is 0.625. The van der Waals surface area contributed by atoms with Gasteiger partial charge in [-0.3, -0.25) is 4.79 Å². The average Bonchev–Trinajstić information content (AvgIpc) is 2.29. The molecule has 1 saturated heterocycles. The van der Waals surface area contributed by atoms with Crippen LogP contribution in [0.4, 0.5) is 0 Å². The minimum Gasteiger partial charge on any atom is -0.374 e. The maximum atomic E-state index is 11.0. The van der Waals surface area contributed by atoms with Crippen molar-refractivity contribution in [3.05, 3.63) is 0 Å². The van der Waals surface area contributed by atoms with Gasteiger partial charge in [-0.1, -0.05) is 0 Å². The molecule has 1 aliphatic heterocycles. The van der Waals surface area contributed by atoms with Gasteiger partial charge >= 0.3 is 0 Å². The molecule has 1 atom stereocenters. The Bertz CT molecular complexity index is 195. The molecule has 0 radical (unpaired) electrons. The number of carbonyl (C=O) groups excluding carboxylic acids is 1. The zero-order chi connectivity index (χ0) is 8.27. The quantitative estimate of drug-likeness (QED) is 0.565. The van der Waals surface area contributed by atoms with E-state index in [1.54, 1.807) is 0 Å². The zero-order valence-electron chi connectivity index (χ0n) is 6.29. The average molecular weight is 153 g/mol. The SMILES string of the molecule is C#CCCN1C(=O)CCC1O. The van der Waals surface area contributed by atoms with E-state index in [0.29, 0.717) is 25.8 Å². The van der Waals surface area contributed by atoms with Crippen molar-refractivity contribution in [2.45, 2.75) is 25.5 Å². The molecule has 0 aromatic heterocycles. The molecule has 1 N–H and O–H groups in total. The van der Waals surface area contributed by atoms with Crippen molar-refractivity contribution in [3.8, 4) is 12.3 Å². The third kappa shape index (κ3) is 1.72. The van der Waals surface area contributed by atoms with E-state index in [2.05, 4.69) is 5.92 Å². The van der Waals surface area contributed by atoms with E-state index in [4.69, 9.17) is 6.42 Å². The summed E-state index contributed by atoms with van der Waals surface area (Å²) >= 11 is 0. The van der Waals surface area contributed by atoms with E-state index in [1.165, 1.54) is 4.90 Å². The van der Waals surface area contributed by atoms with Gasteiger partial charge < -0.3 is 10.0 Å². The van der Waals surface area contributed by atoms with Crippen molar-refractivity contribution in [3.63, 3.8) is 0 Å². The van der Waals surface area contributed by atoms with Gasteiger partial charge in [0.05, 0.1) is 0 Å². The Hall–Kier alpha value is -1.01. The summed E-state index contributed by atoms with van der Waals surface area (Å²) < 4.78 is 0. The number of hydrogen-bond acceptors (Lipinski definition) is 2. The van der Waals surface area contributed by atoms with Gasteiger partial charge in [0.15, 0.2) is 0 Å². The molecular weight excluding hydrogens is 142 g/mol. The van der Waals surface area contributed by atoms with Crippen LogP contribution in [-0.4, -0.2) is 28.7 Å². The van der Waals surface area contributed by atoms with Crippen molar-refractivity contribution in [2.24, 2.45) is 0 Å². The topological polar surface area (TPSA) is 40.5 Å². The fourth-order valence-electron chi connectivity index (χ4n) is 1.18. The van der Waals surface area contributed by atoms with E-state index in [-0.39, 0.29) is 5.91 Å². The van der Waals surface area contributed by atoms with Gasteiger partial charge in [0.2, 0.25) is 5.91 Å². The lowest BCUT2D eigenvalue weighted by atomic mass is 10.4. The normalized spacial score (nSPS) is 23.8. The van der Waals surface area contributed by atoms with Gasteiger partial charge in [-0.05, 0) is 0 Å². The summed E-state index contributed by atoms with van der Waals surface area (Å²) in [6.45, 7) is 0.483. The van der Waals surface area contributed by atoms with Crippen LogP contribution in [0.15, 0.2) is 0 Å². The van der Waals surface area contributed by atoms with Gasteiger partial charge in [0.1, 0.15) is 6.23 Å². The molecule has 1 amide bonds. The van der Waals surface area contributed by atoms with Gasteiger partial charge in [0.25, 0.3) is 0 Å². The Labute approximate surface area is 66.0 Å². The third-order valence-corrected chi connectivity index (χ3v) is 1.79. The van der Waals surface area contributed by atoms with Crippen LogP contribution in [0, 0.1) is 12.3 Å². The number of likely N-dealkylation sites (tertiary alicyclic amines) is 1. The lowest BCUT2D eigenvalue weighted by Gasteiger charge is -2.18. The van der Waals surface area contributed by atoms with Crippen LogP contribution in [0.25, 0.3) is 0 Å². The molecule has 3 nitrogen and oxygen atoms in total. The van der Waals surface area contributed by atoms with Crippen molar-refractivity contribution in [1.29, 1.82) is 0 Å². The highest BCUT2D eigenvalue weighted by Gasteiger charge is 2.27. The predicted octanol–water partition coefficient (Wildman–Crippen LogP) is -0.0495. The number of aliphatic hydroxyl groups is 1. The molecule has 1 fully saturated rings. The number of hydrogen-bond donors (Lipinski definition) is 1. The molecule has 0 spiro atoms. The van der Waals surface area contributed by atoms with E-state index >= 15 is 0 Å². The molecule has 11 heavy (non-hydrogen) atoms. The summed E-state index contributed by atoms with van der Waals surface area (Å²) in [6.07, 6.45) is 5.94.